The third-order valence-corrected chi connectivity index (χ3v) is 2.71. The maximum absolute atomic E-state index is 11.9. The lowest BCUT2D eigenvalue weighted by Gasteiger charge is -2.11. The van der Waals surface area contributed by atoms with Crippen LogP contribution in [0.15, 0.2) is 41.3 Å². The van der Waals surface area contributed by atoms with Crippen molar-refractivity contribution in [2.24, 2.45) is 0 Å². The Morgan fingerprint density at radius 2 is 2.20 bits per heavy atom. The van der Waals surface area contributed by atoms with Crippen molar-refractivity contribution in [3.63, 3.8) is 0 Å². The molecule has 1 amide bonds. The molecule has 1 N–H and O–H groups in total. The SMILES string of the molecule is COc1ccc(C)cc1NC(=O)Cn1ncccc1=O. The van der Waals surface area contributed by atoms with Crippen LogP contribution in [-0.2, 0) is 11.3 Å². The highest BCUT2D eigenvalue weighted by Gasteiger charge is 2.09. The summed E-state index contributed by atoms with van der Waals surface area (Å²) < 4.78 is 6.27. The maximum Gasteiger partial charge on any atom is 0.267 e. The molecule has 0 aliphatic rings. The van der Waals surface area contributed by atoms with Gasteiger partial charge in [-0.05, 0) is 30.7 Å². The zero-order chi connectivity index (χ0) is 14.5. The number of aromatic nitrogens is 2. The van der Waals surface area contributed by atoms with Gasteiger partial charge < -0.3 is 10.1 Å². The summed E-state index contributed by atoms with van der Waals surface area (Å²) >= 11 is 0. The van der Waals surface area contributed by atoms with E-state index in [1.165, 1.54) is 25.4 Å². The summed E-state index contributed by atoms with van der Waals surface area (Å²) in [6, 6.07) is 8.35. The second-order valence-electron chi connectivity index (χ2n) is 4.27. The van der Waals surface area contributed by atoms with Crippen molar-refractivity contribution in [3.05, 3.63) is 52.4 Å². The molecule has 104 valence electrons. The number of nitrogens with one attached hydrogen (secondary N) is 1. The van der Waals surface area contributed by atoms with Crippen LogP contribution in [-0.4, -0.2) is 22.8 Å². The highest BCUT2D eigenvalue weighted by Crippen LogP contribution is 2.24. The van der Waals surface area contributed by atoms with E-state index in [-0.39, 0.29) is 18.0 Å². The lowest BCUT2D eigenvalue weighted by molar-refractivity contribution is -0.117. The molecule has 2 aromatic rings. The van der Waals surface area contributed by atoms with Crippen molar-refractivity contribution in [2.75, 3.05) is 12.4 Å². The molecule has 0 fully saturated rings. The molecule has 0 radical (unpaired) electrons. The fourth-order valence-corrected chi connectivity index (χ4v) is 1.75. The predicted octanol–water partition coefficient (Wildman–Crippen LogP) is 1.20. The van der Waals surface area contributed by atoms with E-state index in [2.05, 4.69) is 10.4 Å². The first-order chi connectivity index (χ1) is 9.60. The largest absolute Gasteiger partial charge is 0.495 e. The van der Waals surface area contributed by atoms with Crippen molar-refractivity contribution in [1.29, 1.82) is 0 Å². The standard InChI is InChI=1S/C14H15N3O3/c1-10-5-6-12(20-2)11(8-10)16-13(18)9-17-14(19)4-3-7-15-17/h3-8H,9H2,1-2H3,(H,16,18). The van der Waals surface area contributed by atoms with E-state index in [0.717, 1.165) is 10.2 Å². The Hall–Kier alpha value is -2.63. The summed E-state index contributed by atoms with van der Waals surface area (Å²) in [7, 11) is 1.53. The van der Waals surface area contributed by atoms with Crippen molar-refractivity contribution in [1.82, 2.24) is 9.78 Å². The molecule has 0 atom stereocenters. The smallest absolute Gasteiger partial charge is 0.267 e. The van der Waals surface area contributed by atoms with E-state index in [4.69, 9.17) is 4.74 Å². The topological polar surface area (TPSA) is 73.2 Å². The summed E-state index contributed by atoms with van der Waals surface area (Å²) in [5, 5.41) is 6.55. The summed E-state index contributed by atoms with van der Waals surface area (Å²) in [6.07, 6.45) is 1.46. The number of nitrogens with zero attached hydrogens (tertiary/aromatic N) is 2. The number of hydrogen-bond acceptors (Lipinski definition) is 4. The Morgan fingerprint density at radius 3 is 2.90 bits per heavy atom. The van der Waals surface area contributed by atoms with Gasteiger partial charge in [-0.15, -0.1) is 0 Å². The van der Waals surface area contributed by atoms with Crippen LogP contribution in [0.3, 0.4) is 0 Å². The number of aryl methyl sites for hydroxylation is 1. The Balaban J connectivity index is 2.14. The number of hydrogen-bond donors (Lipinski definition) is 1. The minimum absolute atomic E-state index is 0.142. The van der Waals surface area contributed by atoms with Gasteiger partial charge in [0.25, 0.3) is 5.56 Å². The fraction of sp³-hybridized carbons (Fsp3) is 0.214. The number of carbonyl (C=O) groups is 1. The van der Waals surface area contributed by atoms with Crippen molar-refractivity contribution in [2.45, 2.75) is 13.5 Å². The molecule has 1 heterocycles. The van der Waals surface area contributed by atoms with Crippen LogP contribution in [0.25, 0.3) is 0 Å². The van der Waals surface area contributed by atoms with Crippen molar-refractivity contribution < 1.29 is 9.53 Å². The van der Waals surface area contributed by atoms with Crippen LogP contribution in [0.2, 0.25) is 0 Å². The van der Waals surface area contributed by atoms with Crippen LogP contribution < -0.4 is 15.6 Å². The third kappa shape index (κ3) is 3.23. The van der Waals surface area contributed by atoms with Gasteiger partial charge in [0, 0.05) is 12.3 Å². The van der Waals surface area contributed by atoms with Crippen molar-refractivity contribution >= 4 is 11.6 Å². The van der Waals surface area contributed by atoms with Gasteiger partial charge in [0.15, 0.2) is 0 Å². The normalized spacial score (nSPS) is 10.1. The fourth-order valence-electron chi connectivity index (χ4n) is 1.75. The van der Waals surface area contributed by atoms with Gasteiger partial charge in [0.2, 0.25) is 5.91 Å². The van der Waals surface area contributed by atoms with Gasteiger partial charge in [0.1, 0.15) is 12.3 Å². The number of methoxy groups -OCH3 is 1. The van der Waals surface area contributed by atoms with E-state index in [9.17, 15) is 9.59 Å². The quantitative estimate of drug-likeness (QED) is 0.908. The average Bonchev–Trinajstić information content (AvgIpc) is 2.41. The zero-order valence-electron chi connectivity index (χ0n) is 11.3. The Labute approximate surface area is 116 Å². The third-order valence-electron chi connectivity index (χ3n) is 2.71. The first-order valence-corrected chi connectivity index (χ1v) is 6.07. The zero-order valence-corrected chi connectivity index (χ0v) is 11.3. The van der Waals surface area contributed by atoms with Gasteiger partial charge in [0.05, 0.1) is 12.8 Å². The van der Waals surface area contributed by atoms with Crippen LogP contribution in [0.4, 0.5) is 5.69 Å². The van der Waals surface area contributed by atoms with E-state index in [0.29, 0.717) is 11.4 Å². The van der Waals surface area contributed by atoms with Crippen LogP contribution in [0.5, 0.6) is 5.75 Å². The first-order valence-electron chi connectivity index (χ1n) is 6.07. The molecule has 1 aromatic carbocycles. The minimum Gasteiger partial charge on any atom is -0.495 e. The van der Waals surface area contributed by atoms with E-state index < -0.39 is 0 Å². The summed E-state index contributed by atoms with van der Waals surface area (Å²) in [5.41, 5.74) is 1.25. The van der Waals surface area contributed by atoms with Gasteiger partial charge >= 0.3 is 0 Å². The van der Waals surface area contributed by atoms with Gasteiger partial charge in [-0.25, -0.2) is 4.68 Å². The molecular weight excluding hydrogens is 258 g/mol. The second kappa shape index (κ2) is 6.01. The molecule has 20 heavy (non-hydrogen) atoms. The molecule has 6 nitrogen and oxygen atoms in total. The molecule has 1 aromatic heterocycles. The lowest BCUT2D eigenvalue weighted by atomic mass is 10.2. The molecule has 0 aliphatic heterocycles. The number of benzene rings is 1. The van der Waals surface area contributed by atoms with Crippen LogP contribution in [0.1, 0.15) is 5.56 Å². The second-order valence-corrected chi connectivity index (χ2v) is 4.27. The predicted molar refractivity (Wildman–Crippen MR) is 74.9 cm³/mol. The molecule has 0 spiro atoms. The molecule has 0 saturated carbocycles. The highest BCUT2D eigenvalue weighted by atomic mass is 16.5. The van der Waals surface area contributed by atoms with Crippen LogP contribution in [0, 0.1) is 6.92 Å². The number of rotatable bonds is 4. The summed E-state index contributed by atoms with van der Waals surface area (Å²) in [6.45, 7) is 1.77. The Bertz CT molecular complexity index is 679. The number of amides is 1. The number of anilines is 1. The molecule has 6 heteroatoms. The number of ether oxygens (including phenoxy) is 1. The molecule has 2 rings (SSSR count). The Morgan fingerprint density at radius 1 is 1.40 bits per heavy atom. The first kappa shape index (κ1) is 13.8. The monoisotopic (exact) mass is 273 g/mol. The molecular formula is C14H15N3O3. The highest BCUT2D eigenvalue weighted by molar-refractivity contribution is 5.92. The average molecular weight is 273 g/mol. The van der Waals surface area contributed by atoms with Crippen LogP contribution >= 0.6 is 0 Å². The summed E-state index contributed by atoms with van der Waals surface area (Å²) in [5.74, 6) is 0.229. The van der Waals surface area contributed by atoms with E-state index in [1.807, 2.05) is 13.0 Å². The molecule has 0 saturated heterocycles. The maximum atomic E-state index is 11.9. The van der Waals surface area contributed by atoms with Gasteiger partial charge in [-0.1, -0.05) is 6.07 Å². The van der Waals surface area contributed by atoms with Gasteiger partial charge in [-0.3, -0.25) is 9.59 Å². The number of carbonyl (C=O) groups excluding carboxylic acids is 1. The summed E-state index contributed by atoms with van der Waals surface area (Å²) in [4.78, 5) is 23.4. The Kier molecular flexibility index (Phi) is 4.14. The molecule has 0 bridgehead atoms. The molecule has 0 aliphatic carbocycles. The van der Waals surface area contributed by atoms with Gasteiger partial charge in [-0.2, -0.15) is 5.10 Å². The lowest BCUT2D eigenvalue weighted by Crippen LogP contribution is -2.28. The van der Waals surface area contributed by atoms with Crippen molar-refractivity contribution in [3.8, 4) is 5.75 Å². The molecule has 0 unspecified atom stereocenters. The minimum atomic E-state index is -0.338. The van der Waals surface area contributed by atoms with E-state index in [1.54, 1.807) is 12.1 Å². The van der Waals surface area contributed by atoms with E-state index >= 15 is 0 Å².